The van der Waals surface area contributed by atoms with Gasteiger partial charge in [-0.15, -0.1) is 0 Å². The first-order valence-electron chi connectivity index (χ1n) is 11.7. The molecule has 0 aliphatic carbocycles. The third-order valence-electron chi connectivity index (χ3n) is 4.99. The minimum Gasteiger partial charge on any atom is -0.458 e. The Labute approximate surface area is 229 Å². The molecule has 0 bridgehead atoms. The molecule has 9 nitrogen and oxygen atoms in total. The van der Waals surface area contributed by atoms with E-state index in [1.165, 1.54) is 51.1 Å². The van der Waals surface area contributed by atoms with Crippen LogP contribution in [-0.4, -0.2) is 53.6 Å². The minimum absolute atomic E-state index is 0.381. The van der Waals surface area contributed by atoms with Crippen LogP contribution in [0.4, 0.5) is 31.1 Å². The molecule has 0 radical (unpaired) electrons. The van der Waals surface area contributed by atoms with E-state index in [0.29, 0.717) is 5.56 Å². The number of alkyl halides is 6. The molecule has 0 aliphatic heterocycles. The summed E-state index contributed by atoms with van der Waals surface area (Å²) in [6, 6.07) is 11.3. The first-order chi connectivity index (χ1) is 18.8. The van der Waals surface area contributed by atoms with Crippen molar-refractivity contribution in [3.63, 3.8) is 0 Å². The summed E-state index contributed by atoms with van der Waals surface area (Å²) >= 11 is 0. The predicted molar refractivity (Wildman–Crippen MR) is 127 cm³/mol. The normalized spacial score (nSPS) is 13.0. The van der Waals surface area contributed by atoms with Gasteiger partial charge in [-0.1, -0.05) is 48.5 Å². The van der Waals surface area contributed by atoms with Gasteiger partial charge in [0.15, 0.2) is 0 Å². The number of nitrogens with one attached hydrogen (secondary N) is 1. The van der Waals surface area contributed by atoms with Crippen LogP contribution in [0.15, 0.2) is 60.7 Å². The zero-order valence-corrected chi connectivity index (χ0v) is 21.8. The van der Waals surface area contributed by atoms with Gasteiger partial charge in [0, 0.05) is 6.42 Å². The SMILES string of the molecule is CC(C)(C)OC(=O)[C@H](CC(OC(=O)C(=O)Oc1ccccc1)(C(F)(F)F)C(F)(F)F)NC(=O)OCc1ccccc1. The van der Waals surface area contributed by atoms with Crippen molar-refractivity contribution in [2.45, 2.75) is 63.4 Å². The highest BCUT2D eigenvalue weighted by atomic mass is 19.4. The molecule has 0 saturated heterocycles. The maximum absolute atomic E-state index is 14.1. The Morgan fingerprint density at radius 3 is 1.76 bits per heavy atom. The van der Waals surface area contributed by atoms with Gasteiger partial charge in [-0.3, -0.25) is 0 Å². The van der Waals surface area contributed by atoms with Crippen molar-refractivity contribution in [3.8, 4) is 5.75 Å². The number of hydrogen-bond donors (Lipinski definition) is 1. The molecule has 0 aromatic heterocycles. The monoisotopic (exact) mass is 593 g/mol. The van der Waals surface area contributed by atoms with Crippen molar-refractivity contribution in [2.75, 3.05) is 0 Å². The number of hydrogen-bond acceptors (Lipinski definition) is 8. The molecule has 1 atom stereocenters. The highest BCUT2D eigenvalue weighted by Crippen LogP contribution is 2.49. The van der Waals surface area contributed by atoms with E-state index in [9.17, 15) is 45.5 Å². The Morgan fingerprint density at radius 2 is 1.27 bits per heavy atom. The van der Waals surface area contributed by atoms with Crippen LogP contribution in [0, 0.1) is 0 Å². The van der Waals surface area contributed by atoms with Crippen LogP contribution in [0.1, 0.15) is 32.8 Å². The number of carbonyl (C=O) groups is 4. The molecular formula is C26H25F6NO8. The Hall–Kier alpha value is -4.30. The fourth-order valence-corrected chi connectivity index (χ4v) is 3.15. The Morgan fingerprint density at radius 1 is 0.756 bits per heavy atom. The van der Waals surface area contributed by atoms with Gasteiger partial charge in [-0.05, 0) is 38.5 Å². The summed E-state index contributed by atoms with van der Waals surface area (Å²) in [4.78, 5) is 49.3. The Balaban J connectivity index is 2.41. The number of para-hydroxylation sites is 1. The van der Waals surface area contributed by atoms with E-state index in [0.717, 1.165) is 12.1 Å². The first kappa shape index (κ1) is 32.9. The molecule has 0 heterocycles. The number of rotatable bonds is 8. The van der Waals surface area contributed by atoms with Crippen LogP contribution in [-0.2, 0) is 35.2 Å². The Bertz CT molecular complexity index is 1200. The van der Waals surface area contributed by atoms with Crippen molar-refractivity contribution in [1.29, 1.82) is 0 Å². The molecule has 2 aromatic carbocycles. The molecule has 1 amide bonds. The van der Waals surface area contributed by atoms with Crippen molar-refractivity contribution >= 4 is 24.0 Å². The fraction of sp³-hybridized carbons (Fsp3) is 0.385. The smallest absolute Gasteiger partial charge is 0.437 e. The third kappa shape index (κ3) is 9.39. The molecule has 41 heavy (non-hydrogen) atoms. The lowest BCUT2D eigenvalue weighted by atomic mass is 9.92. The van der Waals surface area contributed by atoms with E-state index in [1.807, 2.05) is 0 Å². The summed E-state index contributed by atoms with van der Waals surface area (Å²) < 4.78 is 103. The van der Waals surface area contributed by atoms with Gasteiger partial charge in [0.05, 0.1) is 0 Å². The summed E-state index contributed by atoms with van der Waals surface area (Å²) in [5.74, 6) is -7.00. The van der Waals surface area contributed by atoms with Gasteiger partial charge in [0.25, 0.3) is 0 Å². The molecule has 0 unspecified atom stereocenters. The van der Waals surface area contributed by atoms with Crippen LogP contribution in [0.5, 0.6) is 5.75 Å². The minimum atomic E-state index is -6.45. The van der Waals surface area contributed by atoms with Gasteiger partial charge in [-0.2, -0.15) is 26.3 Å². The second-order valence-corrected chi connectivity index (χ2v) is 9.41. The molecule has 1 N–H and O–H groups in total. The van der Waals surface area contributed by atoms with Crippen LogP contribution >= 0.6 is 0 Å². The molecule has 0 fully saturated rings. The summed E-state index contributed by atoms with van der Waals surface area (Å²) in [7, 11) is 0. The topological polar surface area (TPSA) is 117 Å². The van der Waals surface area contributed by atoms with E-state index in [4.69, 9.17) is 9.47 Å². The lowest BCUT2D eigenvalue weighted by Crippen LogP contribution is -2.64. The van der Waals surface area contributed by atoms with Crippen molar-refractivity contribution in [3.05, 3.63) is 66.2 Å². The van der Waals surface area contributed by atoms with Gasteiger partial charge >= 0.3 is 42.0 Å². The molecule has 0 saturated carbocycles. The number of carbonyl (C=O) groups excluding carboxylic acids is 4. The zero-order valence-electron chi connectivity index (χ0n) is 21.8. The number of amides is 1. The number of ether oxygens (including phenoxy) is 4. The van der Waals surface area contributed by atoms with Crippen molar-refractivity contribution in [1.82, 2.24) is 5.32 Å². The zero-order chi connectivity index (χ0) is 31.1. The molecule has 2 aromatic rings. The summed E-state index contributed by atoms with van der Waals surface area (Å²) in [6.07, 6.45) is -17.0. The average Bonchev–Trinajstić information content (AvgIpc) is 2.85. The number of alkyl carbamates (subject to hydrolysis) is 1. The summed E-state index contributed by atoms with van der Waals surface area (Å²) in [5, 5.41) is 1.61. The molecule has 15 heteroatoms. The number of halogens is 6. The van der Waals surface area contributed by atoms with E-state index < -0.39 is 66.6 Å². The van der Waals surface area contributed by atoms with Gasteiger partial charge < -0.3 is 24.3 Å². The van der Waals surface area contributed by atoms with Crippen molar-refractivity contribution < 1.29 is 64.5 Å². The standard InChI is InChI=1S/C26H25F6NO8/c1-23(2,3)40-19(34)18(33-22(37)38-15-16-10-6-4-7-11-16)14-24(25(27,28)29,26(30,31)32)41-21(36)20(35)39-17-12-8-5-9-13-17/h4-13,18H,14-15H2,1-3H3,(H,33,37)/t18-/m0/s1. The van der Waals surface area contributed by atoms with Crippen molar-refractivity contribution in [2.24, 2.45) is 0 Å². The second kappa shape index (κ2) is 12.9. The molecule has 0 aliphatic rings. The summed E-state index contributed by atoms with van der Waals surface area (Å²) in [5.41, 5.74) is -6.50. The van der Waals surface area contributed by atoms with E-state index in [-0.39, 0.29) is 5.75 Å². The fourth-order valence-electron chi connectivity index (χ4n) is 3.15. The largest absolute Gasteiger partial charge is 0.458 e. The van der Waals surface area contributed by atoms with Crippen LogP contribution < -0.4 is 10.1 Å². The van der Waals surface area contributed by atoms with Gasteiger partial charge in [-0.25, -0.2) is 19.2 Å². The first-order valence-corrected chi connectivity index (χ1v) is 11.7. The maximum atomic E-state index is 14.1. The second-order valence-electron chi connectivity index (χ2n) is 9.41. The van der Waals surface area contributed by atoms with Crippen LogP contribution in [0.3, 0.4) is 0 Å². The lowest BCUT2D eigenvalue weighted by molar-refractivity contribution is -0.371. The average molecular weight is 593 g/mol. The molecular weight excluding hydrogens is 568 g/mol. The highest BCUT2D eigenvalue weighted by Gasteiger charge is 2.75. The van der Waals surface area contributed by atoms with Crippen LogP contribution in [0.25, 0.3) is 0 Å². The van der Waals surface area contributed by atoms with E-state index in [2.05, 4.69) is 9.47 Å². The predicted octanol–water partition coefficient (Wildman–Crippen LogP) is 5.03. The molecule has 2 rings (SSSR count). The highest BCUT2D eigenvalue weighted by molar-refractivity contribution is 6.30. The van der Waals surface area contributed by atoms with E-state index >= 15 is 0 Å². The third-order valence-corrected chi connectivity index (χ3v) is 4.99. The lowest BCUT2D eigenvalue weighted by Gasteiger charge is -2.38. The number of benzene rings is 2. The van der Waals surface area contributed by atoms with Gasteiger partial charge in [0.2, 0.25) is 0 Å². The van der Waals surface area contributed by atoms with E-state index in [1.54, 1.807) is 23.5 Å². The van der Waals surface area contributed by atoms with Gasteiger partial charge in [0.1, 0.15) is 24.0 Å². The molecule has 224 valence electrons. The van der Waals surface area contributed by atoms with Crippen LogP contribution in [0.2, 0.25) is 0 Å². The summed E-state index contributed by atoms with van der Waals surface area (Å²) in [6.45, 7) is 3.32. The molecule has 0 spiro atoms. The maximum Gasteiger partial charge on any atom is 0.437 e. The number of esters is 3. The quantitative estimate of drug-likeness (QED) is 0.149. The Kier molecular flexibility index (Phi) is 10.4.